The predicted octanol–water partition coefficient (Wildman–Crippen LogP) is 6.17. The summed E-state index contributed by atoms with van der Waals surface area (Å²) >= 11 is 5.72. The maximum Gasteiger partial charge on any atom is 0.0225 e. The van der Waals surface area contributed by atoms with E-state index in [4.69, 9.17) is 11.6 Å². The van der Waals surface area contributed by atoms with Gasteiger partial charge in [-0.05, 0) is 12.3 Å². The van der Waals surface area contributed by atoms with E-state index in [1.807, 2.05) is 0 Å². The van der Waals surface area contributed by atoms with Crippen LogP contribution in [0.5, 0.6) is 0 Å². The van der Waals surface area contributed by atoms with Crippen molar-refractivity contribution in [1.29, 1.82) is 0 Å². The predicted molar refractivity (Wildman–Crippen MR) is 76.3 cm³/mol. The average molecular weight is 247 g/mol. The van der Waals surface area contributed by atoms with Crippen molar-refractivity contribution < 1.29 is 0 Å². The fourth-order valence-corrected chi connectivity index (χ4v) is 2.51. The van der Waals surface area contributed by atoms with Gasteiger partial charge in [0.05, 0.1) is 0 Å². The number of rotatable bonds is 12. The SMILES string of the molecule is CCCCCCCCCCCC(C)CCCl. The second-order valence-corrected chi connectivity index (χ2v) is 5.58. The Bertz CT molecular complexity index is 123. The highest BCUT2D eigenvalue weighted by molar-refractivity contribution is 6.17. The van der Waals surface area contributed by atoms with E-state index in [9.17, 15) is 0 Å². The second-order valence-electron chi connectivity index (χ2n) is 5.20. The minimum Gasteiger partial charge on any atom is -0.127 e. The van der Waals surface area contributed by atoms with Gasteiger partial charge < -0.3 is 0 Å². The molecule has 0 bridgehead atoms. The van der Waals surface area contributed by atoms with Crippen LogP contribution in [0.15, 0.2) is 0 Å². The van der Waals surface area contributed by atoms with Crippen LogP contribution in [0.2, 0.25) is 0 Å². The van der Waals surface area contributed by atoms with Crippen molar-refractivity contribution in [3.63, 3.8) is 0 Å². The van der Waals surface area contributed by atoms with Crippen molar-refractivity contribution in [3.05, 3.63) is 0 Å². The van der Waals surface area contributed by atoms with Crippen molar-refractivity contribution in [2.45, 2.75) is 84.5 Å². The molecule has 0 radical (unpaired) electrons. The summed E-state index contributed by atoms with van der Waals surface area (Å²) in [5.74, 6) is 1.67. The van der Waals surface area contributed by atoms with Gasteiger partial charge in [0, 0.05) is 5.88 Å². The fraction of sp³-hybridized carbons (Fsp3) is 1.00. The van der Waals surface area contributed by atoms with Crippen molar-refractivity contribution in [2.75, 3.05) is 5.88 Å². The first-order chi connectivity index (χ1) is 7.81. The molecular formula is C15H31Cl. The molecule has 0 aliphatic rings. The van der Waals surface area contributed by atoms with Crippen LogP contribution in [-0.4, -0.2) is 5.88 Å². The molecule has 0 N–H and O–H groups in total. The van der Waals surface area contributed by atoms with Gasteiger partial charge in [0.15, 0.2) is 0 Å². The van der Waals surface area contributed by atoms with E-state index in [0.717, 1.165) is 11.8 Å². The highest BCUT2D eigenvalue weighted by Crippen LogP contribution is 2.15. The fourth-order valence-electron chi connectivity index (χ4n) is 2.13. The van der Waals surface area contributed by atoms with Crippen LogP contribution < -0.4 is 0 Å². The van der Waals surface area contributed by atoms with Crippen molar-refractivity contribution in [1.82, 2.24) is 0 Å². The van der Waals surface area contributed by atoms with Gasteiger partial charge in [-0.25, -0.2) is 0 Å². The number of hydrogen-bond acceptors (Lipinski definition) is 0. The molecular weight excluding hydrogens is 216 g/mol. The monoisotopic (exact) mass is 246 g/mol. The Morgan fingerprint density at radius 3 is 1.75 bits per heavy atom. The molecule has 0 aromatic heterocycles. The van der Waals surface area contributed by atoms with Crippen molar-refractivity contribution in [2.24, 2.45) is 5.92 Å². The molecule has 98 valence electrons. The van der Waals surface area contributed by atoms with Gasteiger partial charge in [-0.2, -0.15) is 0 Å². The Morgan fingerprint density at radius 1 is 0.750 bits per heavy atom. The second kappa shape index (κ2) is 13.4. The highest BCUT2D eigenvalue weighted by Gasteiger charge is 2.00. The van der Waals surface area contributed by atoms with E-state index in [1.54, 1.807) is 0 Å². The molecule has 1 atom stereocenters. The summed E-state index contributed by atoms with van der Waals surface area (Å²) in [5, 5.41) is 0. The summed E-state index contributed by atoms with van der Waals surface area (Å²) in [6, 6.07) is 0. The molecule has 0 aliphatic heterocycles. The Hall–Kier alpha value is 0.290. The van der Waals surface area contributed by atoms with Crippen LogP contribution in [0.3, 0.4) is 0 Å². The number of unbranched alkanes of at least 4 members (excludes halogenated alkanes) is 8. The number of hydrogen-bond donors (Lipinski definition) is 0. The molecule has 0 amide bonds. The Kier molecular flexibility index (Phi) is 13.6. The molecule has 16 heavy (non-hydrogen) atoms. The Labute approximate surface area is 108 Å². The maximum atomic E-state index is 5.72. The third kappa shape index (κ3) is 12.4. The topological polar surface area (TPSA) is 0 Å². The summed E-state index contributed by atoms with van der Waals surface area (Å²) in [5.41, 5.74) is 0. The van der Waals surface area contributed by atoms with E-state index in [1.165, 1.54) is 70.6 Å². The minimum absolute atomic E-state index is 0.832. The normalized spacial score (nSPS) is 12.9. The Morgan fingerprint density at radius 2 is 1.25 bits per heavy atom. The molecule has 0 spiro atoms. The van der Waals surface area contributed by atoms with Gasteiger partial charge in [0.25, 0.3) is 0 Å². The molecule has 0 fully saturated rings. The first-order valence-corrected chi connectivity index (χ1v) is 7.90. The van der Waals surface area contributed by atoms with Crippen LogP contribution in [0.4, 0.5) is 0 Å². The van der Waals surface area contributed by atoms with E-state index in [-0.39, 0.29) is 0 Å². The largest absolute Gasteiger partial charge is 0.127 e. The van der Waals surface area contributed by atoms with Crippen LogP contribution in [0, 0.1) is 5.92 Å². The summed E-state index contributed by atoms with van der Waals surface area (Å²) in [6.07, 6.45) is 15.5. The van der Waals surface area contributed by atoms with Gasteiger partial charge in [0.2, 0.25) is 0 Å². The lowest BCUT2D eigenvalue weighted by molar-refractivity contribution is 0.471. The lowest BCUT2D eigenvalue weighted by Gasteiger charge is -2.08. The first kappa shape index (κ1) is 16.3. The third-order valence-electron chi connectivity index (χ3n) is 3.40. The molecule has 0 saturated heterocycles. The van der Waals surface area contributed by atoms with E-state index in [0.29, 0.717) is 0 Å². The zero-order valence-electron chi connectivity index (χ0n) is 11.4. The molecule has 0 saturated carbocycles. The first-order valence-electron chi connectivity index (χ1n) is 7.37. The van der Waals surface area contributed by atoms with Crippen molar-refractivity contribution in [3.8, 4) is 0 Å². The average Bonchev–Trinajstić information content (AvgIpc) is 2.27. The van der Waals surface area contributed by atoms with Crippen LogP contribution >= 0.6 is 11.6 Å². The van der Waals surface area contributed by atoms with Crippen LogP contribution in [0.1, 0.15) is 84.5 Å². The molecule has 0 nitrogen and oxygen atoms in total. The quantitative estimate of drug-likeness (QED) is 0.285. The molecule has 1 unspecified atom stereocenters. The highest BCUT2D eigenvalue weighted by atomic mass is 35.5. The van der Waals surface area contributed by atoms with E-state index >= 15 is 0 Å². The van der Waals surface area contributed by atoms with Gasteiger partial charge in [0.1, 0.15) is 0 Å². The molecule has 0 heterocycles. The molecule has 0 aromatic rings. The zero-order chi connectivity index (χ0) is 12.1. The molecule has 0 aliphatic carbocycles. The zero-order valence-corrected chi connectivity index (χ0v) is 12.2. The molecule has 0 aromatic carbocycles. The van der Waals surface area contributed by atoms with Crippen LogP contribution in [0.25, 0.3) is 0 Å². The van der Waals surface area contributed by atoms with Crippen molar-refractivity contribution >= 4 is 11.6 Å². The lowest BCUT2D eigenvalue weighted by Crippen LogP contribution is -1.95. The maximum absolute atomic E-state index is 5.72. The summed E-state index contributed by atoms with van der Waals surface area (Å²) in [4.78, 5) is 0. The smallest absolute Gasteiger partial charge is 0.0225 e. The Balaban J connectivity index is 2.98. The lowest BCUT2D eigenvalue weighted by atomic mass is 9.99. The van der Waals surface area contributed by atoms with Gasteiger partial charge in [-0.3, -0.25) is 0 Å². The minimum atomic E-state index is 0.832. The summed E-state index contributed by atoms with van der Waals surface area (Å²) in [6.45, 7) is 4.61. The third-order valence-corrected chi connectivity index (χ3v) is 3.62. The summed E-state index contributed by atoms with van der Waals surface area (Å²) < 4.78 is 0. The number of alkyl halides is 1. The number of halogens is 1. The van der Waals surface area contributed by atoms with Crippen LogP contribution in [-0.2, 0) is 0 Å². The summed E-state index contributed by atoms with van der Waals surface area (Å²) in [7, 11) is 0. The van der Waals surface area contributed by atoms with E-state index < -0.39 is 0 Å². The van der Waals surface area contributed by atoms with Gasteiger partial charge in [-0.1, -0.05) is 78.1 Å². The molecule has 1 heteroatoms. The standard InChI is InChI=1S/C15H31Cl/c1-3-4-5-6-7-8-9-10-11-12-15(2)13-14-16/h15H,3-14H2,1-2H3. The van der Waals surface area contributed by atoms with Gasteiger partial charge in [-0.15, -0.1) is 11.6 Å². The van der Waals surface area contributed by atoms with E-state index in [2.05, 4.69) is 13.8 Å². The molecule has 0 rings (SSSR count). The van der Waals surface area contributed by atoms with Gasteiger partial charge >= 0.3 is 0 Å².